The molecular weight excluding hydrogens is 144 g/mol. The third-order valence-electron chi connectivity index (χ3n) is 2.60. The Morgan fingerprint density at radius 2 is 1.92 bits per heavy atom. The molecule has 0 aliphatic heterocycles. The highest BCUT2D eigenvalue weighted by Gasteiger charge is 2.18. The molecule has 0 heteroatoms. The van der Waals surface area contributed by atoms with Gasteiger partial charge in [0.1, 0.15) is 0 Å². The third-order valence-corrected chi connectivity index (χ3v) is 2.60. The van der Waals surface area contributed by atoms with Gasteiger partial charge in [0.25, 0.3) is 0 Å². The molecule has 72 valence electrons. The molecule has 0 heterocycles. The Morgan fingerprint density at radius 1 is 1.33 bits per heavy atom. The lowest BCUT2D eigenvalue weighted by Crippen LogP contribution is -2.13. The minimum Gasteiger partial charge on any atom is -0.0999 e. The van der Waals surface area contributed by atoms with E-state index in [4.69, 9.17) is 0 Å². The van der Waals surface area contributed by atoms with Crippen LogP contribution in [0.1, 0.15) is 53.4 Å². The second-order valence-electron chi connectivity index (χ2n) is 3.85. The lowest BCUT2D eigenvalue weighted by molar-refractivity contribution is 0.320. The average Bonchev–Trinajstić information content (AvgIpc) is 2.08. The maximum absolute atomic E-state index is 4.05. The largest absolute Gasteiger partial charge is 0.0999 e. The first-order valence-electron chi connectivity index (χ1n) is 5.37. The summed E-state index contributed by atoms with van der Waals surface area (Å²) in [4.78, 5) is 0. The van der Waals surface area contributed by atoms with Gasteiger partial charge in [-0.25, -0.2) is 0 Å². The summed E-state index contributed by atoms with van der Waals surface area (Å²) >= 11 is 0. The van der Waals surface area contributed by atoms with Crippen LogP contribution in [0.15, 0.2) is 12.2 Å². The topological polar surface area (TPSA) is 0 Å². The Morgan fingerprint density at radius 3 is 2.25 bits per heavy atom. The highest BCUT2D eigenvalue weighted by molar-refractivity contribution is 4.99. The molecule has 0 spiro atoms. The van der Waals surface area contributed by atoms with Crippen molar-refractivity contribution in [1.82, 2.24) is 0 Å². The number of rotatable bonds is 1. The van der Waals surface area contributed by atoms with E-state index in [1.54, 1.807) is 0 Å². The van der Waals surface area contributed by atoms with Gasteiger partial charge in [-0.1, -0.05) is 39.8 Å². The number of hydrogen-bond donors (Lipinski definition) is 0. The SMILES string of the molecule is C=C1CCCC(C(C)C)C1.CC. The van der Waals surface area contributed by atoms with E-state index in [9.17, 15) is 0 Å². The molecule has 1 aliphatic carbocycles. The zero-order valence-corrected chi connectivity index (χ0v) is 9.19. The number of allylic oxidation sites excluding steroid dienone is 1. The van der Waals surface area contributed by atoms with Crippen molar-refractivity contribution in [3.05, 3.63) is 12.2 Å². The molecule has 0 saturated heterocycles. The summed E-state index contributed by atoms with van der Waals surface area (Å²) in [6.07, 6.45) is 5.37. The molecule has 0 bridgehead atoms. The highest BCUT2D eigenvalue weighted by atomic mass is 14.2. The number of hydrogen-bond acceptors (Lipinski definition) is 0. The molecular formula is C12H24. The van der Waals surface area contributed by atoms with E-state index in [-0.39, 0.29) is 0 Å². The summed E-state index contributed by atoms with van der Waals surface area (Å²) in [5, 5.41) is 0. The van der Waals surface area contributed by atoms with Gasteiger partial charge in [0, 0.05) is 0 Å². The molecule has 0 amide bonds. The standard InChI is InChI=1S/C10H18.C2H6/c1-8(2)10-6-4-5-9(3)7-10;1-2/h8,10H,3-7H2,1-2H3;1-2H3. The molecule has 0 aromatic carbocycles. The Hall–Kier alpha value is -0.260. The summed E-state index contributed by atoms with van der Waals surface area (Å²) < 4.78 is 0. The van der Waals surface area contributed by atoms with Gasteiger partial charge in [-0.15, -0.1) is 0 Å². The van der Waals surface area contributed by atoms with Crippen LogP contribution in [-0.2, 0) is 0 Å². The second-order valence-corrected chi connectivity index (χ2v) is 3.85. The molecule has 0 N–H and O–H groups in total. The molecule has 1 rings (SSSR count). The van der Waals surface area contributed by atoms with E-state index in [0.29, 0.717) is 0 Å². The van der Waals surface area contributed by atoms with E-state index >= 15 is 0 Å². The van der Waals surface area contributed by atoms with Crippen molar-refractivity contribution in [2.24, 2.45) is 11.8 Å². The van der Waals surface area contributed by atoms with Crippen LogP contribution in [0.3, 0.4) is 0 Å². The Kier molecular flexibility index (Phi) is 6.14. The molecule has 0 nitrogen and oxygen atoms in total. The lowest BCUT2D eigenvalue weighted by atomic mass is 9.80. The molecule has 1 unspecified atom stereocenters. The van der Waals surface area contributed by atoms with Crippen molar-refractivity contribution in [2.75, 3.05) is 0 Å². The zero-order valence-electron chi connectivity index (χ0n) is 9.19. The molecule has 12 heavy (non-hydrogen) atoms. The van der Waals surface area contributed by atoms with Gasteiger partial charge >= 0.3 is 0 Å². The van der Waals surface area contributed by atoms with Gasteiger partial charge in [0.05, 0.1) is 0 Å². The van der Waals surface area contributed by atoms with Crippen molar-refractivity contribution >= 4 is 0 Å². The Balaban J connectivity index is 0.000000561. The minimum atomic E-state index is 0.858. The maximum Gasteiger partial charge on any atom is -0.0292 e. The predicted octanol–water partition coefficient (Wildman–Crippen LogP) is 4.42. The summed E-state index contributed by atoms with van der Waals surface area (Å²) in [6.45, 7) is 12.7. The van der Waals surface area contributed by atoms with Gasteiger partial charge in [-0.05, 0) is 37.5 Å². The second kappa shape index (κ2) is 6.28. The van der Waals surface area contributed by atoms with Gasteiger partial charge < -0.3 is 0 Å². The van der Waals surface area contributed by atoms with E-state index in [0.717, 1.165) is 11.8 Å². The first-order chi connectivity index (χ1) is 5.70. The summed E-state index contributed by atoms with van der Waals surface area (Å²) in [5.41, 5.74) is 1.48. The van der Waals surface area contributed by atoms with Gasteiger partial charge in [-0.3, -0.25) is 0 Å². The third kappa shape index (κ3) is 3.94. The van der Waals surface area contributed by atoms with E-state index < -0.39 is 0 Å². The predicted molar refractivity (Wildman–Crippen MR) is 57.3 cm³/mol. The van der Waals surface area contributed by atoms with Gasteiger partial charge in [-0.2, -0.15) is 0 Å². The lowest BCUT2D eigenvalue weighted by Gasteiger charge is -2.26. The molecule has 0 aromatic rings. The van der Waals surface area contributed by atoms with E-state index in [2.05, 4.69) is 20.4 Å². The monoisotopic (exact) mass is 168 g/mol. The van der Waals surface area contributed by atoms with Crippen LogP contribution in [0.5, 0.6) is 0 Å². The van der Waals surface area contributed by atoms with E-state index in [1.807, 2.05) is 13.8 Å². The van der Waals surface area contributed by atoms with Gasteiger partial charge in [0.15, 0.2) is 0 Å². The van der Waals surface area contributed by atoms with Crippen molar-refractivity contribution in [3.8, 4) is 0 Å². The molecule has 1 aliphatic rings. The molecule has 1 atom stereocenters. The van der Waals surface area contributed by atoms with Crippen molar-refractivity contribution < 1.29 is 0 Å². The Bertz CT molecular complexity index is 122. The molecule has 1 saturated carbocycles. The van der Waals surface area contributed by atoms with Crippen LogP contribution in [0, 0.1) is 11.8 Å². The fourth-order valence-corrected chi connectivity index (χ4v) is 1.76. The van der Waals surface area contributed by atoms with Crippen LogP contribution in [0.4, 0.5) is 0 Å². The fourth-order valence-electron chi connectivity index (χ4n) is 1.76. The van der Waals surface area contributed by atoms with Crippen molar-refractivity contribution in [1.29, 1.82) is 0 Å². The molecule has 0 radical (unpaired) electrons. The van der Waals surface area contributed by atoms with Crippen molar-refractivity contribution in [2.45, 2.75) is 53.4 Å². The van der Waals surface area contributed by atoms with Crippen LogP contribution in [0.25, 0.3) is 0 Å². The first kappa shape index (κ1) is 11.7. The van der Waals surface area contributed by atoms with Crippen LogP contribution in [0.2, 0.25) is 0 Å². The normalized spacial score (nSPS) is 23.4. The highest BCUT2D eigenvalue weighted by Crippen LogP contribution is 2.31. The van der Waals surface area contributed by atoms with Gasteiger partial charge in [0.2, 0.25) is 0 Å². The maximum atomic E-state index is 4.05. The summed E-state index contributed by atoms with van der Waals surface area (Å²) in [7, 11) is 0. The summed E-state index contributed by atoms with van der Waals surface area (Å²) in [6, 6.07) is 0. The molecule has 0 aromatic heterocycles. The molecule has 1 fully saturated rings. The quantitative estimate of drug-likeness (QED) is 0.509. The van der Waals surface area contributed by atoms with Crippen LogP contribution < -0.4 is 0 Å². The first-order valence-corrected chi connectivity index (χ1v) is 5.37. The van der Waals surface area contributed by atoms with E-state index in [1.165, 1.54) is 31.3 Å². The fraction of sp³-hybridized carbons (Fsp3) is 0.833. The Labute approximate surface area is 78.1 Å². The minimum absolute atomic E-state index is 0.858. The van der Waals surface area contributed by atoms with Crippen molar-refractivity contribution in [3.63, 3.8) is 0 Å². The zero-order chi connectivity index (χ0) is 9.56. The van der Waals surface area contributed by atoms with Crippen LogP contribution in [-0.4, -0.2) is 0 Å². The van der Waals surface area contributed by atoms with Crippen LogP contribution >= 0.6 is 0 Å². The smallest absolute Gasteiger partial charge is 0.0292 e. The summed E-state index contributed by atoms with van der Waals surface area (Å²) in [5.74, 6) is 1.79. The average molecular weight is 168 g/mol.